The number of hydrogen-bond acceptors (Lipinski definition) is 4. The van der Waals surface area contributed by atoms with Crippen molar-refractivity contribution in [3.8, 4) is 11.5 Å². The van der Waals surface area contributed by atoms with E-state index in [1.165, 1.54) is 11.3 Å². The summed E-state index contributed by atoms with van der Waals surface area (Å²) in [6.45, 7) is 4.68. The number of nitrogens with zero attached hydrogens (tertiary/aromatic N) is 2. The van der Waals surface area contributed by atoms with E-state index in [-0.39, 0.29) is 6.04 Å². The quantitative estimate of drug-likeness (QED) is 0.590. The minimum Gasteiger partial charge on any atom is -0.497 e. The highest BCUT2D eigenvalue weighted by Gasteiger charge is 2.60. The Morgan fingerprint density at radius 1 is 0.969 bits per heavy atom. The van der Waals surface area contributed by atoms with Crippen LogP contribution in [0.25, 0.3) is 0 Å². The van der Waals surface area contributed by atoms with Gasteiger partial charge in [0.2, 0.25) is 0 Å². The number of methoxy groups -OCH3 is 1. The van der Waals surface area contributed by atoms with Gasteiger partial charge in [0.15, 0.2) is 6.04 Å². The number of ether oxygens (including phenoxy) is 2. The van der Waals surface area contributed by atoms with Crippen molar-refractivity contribution in [1.82, 2.24) is 0 Å². The smallest absolute Gasteiger partial charge is 0.278 e. The summed E-state index contributed by atoms with van der Waals surface area (Å²) in [6.07, 6.45) is 1.80. The molecule has 5 heteroatoms. The first kappa shape index (κ1) is 20.6. The van der Waals surface area contributed by atoms with Crippen molar-refractivity contribution in [2.45, 2.75) is 38.5 Å². The van der Waals surface area contributed by atoms with E-state index in [4.69, 9.17) is 9.47 Å². The van der Waals surface area contributed by atoms with Crippen LogP contribution in [0.2, 0.25) is 0 Å². The molecule has 0 aliphatic carbocycles. The number of fused-ring (bicyclic) bond motifs is 2. The fourth-order valence-corrected chi connectivity index (χ4v) is 5.09. The minimum atomic E-state index is -1.24. The van der Waals surface area contributed by atoms with Gasteiger partial charge in [0.25, 0.3) is 11.6 Å². The lowest BCUT2D eigenvalue weighted by molar-refractivity contribution is -0.495. The second-order valence-electron chi connectivity index (χ2n) is 8.31. The third-order valence-corrected chi connectivity index (χ3v) is 6.64. The predicted molar refractivity (Wildman–Crippen MR) is 126 cm³/mol. The molecule has 3 aromatic rings. The van der Waals surface area contributed by atoms with Crippen LogP contribution in [0.1, 0.15) is 31.4 Å². The molecule has 3 aromatic carbocycles. The van der Waals surface area contributed by atoms with Crippen LogP contribution >= 0.6 is 0 Å². The van der Waals surface area contributed by atoms with Crippen LogP contribution in [-0.2, 0) is 12.1 Å². The monoisotopic (exact) mass is 429 g/mol. The van der Waals surface area contributed by atoms with Crippen LogP contribution in [0.4, 0.5) is 11.4 Å². The lowest BCUT2D eigenvalue weighted by atomic mass is 9.94. The van der Waals surface area contributed by atoms with Gasteiger partial charge in [0.1, 0.15) is 22.9 Å². The fourth-order valence-electron chi connectivity index (χ4n) is 5.09. The average molecular weight is 430 g/mol. The van der Waals surface area contributed by atoms with Crippen LogP contribution in [0.15, 0.2) is 72.8 Å². The van der Waals surface area contributed by atoms with E-state index in [0.29, 0.717) is 6.61 Å². The van der Waals surface area contributed by atoms with E-state index in [2.05, 4.69) is 40.7 Å². The molecule has 0 radical (unpaired) electrons. The van der Waals surface area contributed by atoms with Gasteiger partial charge in [-0.25, -0.2) is 4.58 Å². The number of aryl methyl sites for hydroxylation is 1. The molecule has 2 aliphatic heterocycles. The zero-order valence-corrected chi connectivity index (χ0v) is 18.8. The van der Waals surface area contributed by atoms with Gasteiger partial charge in [-0.3, -0.25) is 0 Å². The highest BCUT2D eigenvalue weighted by Crippen LogP contribution is 2.45. The lowest BCUT2D eigenvalue weighted by Crippen LogP contribution is -2.50. The SMILES string of the molecule is CCOc1ccc([C@]2(O)[C@H](C)[N+]3=C(CCc4ccccc43)N2c2ccc(OC)cc2)cc1. The Bertz CT molecular complexity index is 1150. The molecule has 5 nitrogen and oxygen atoms in total. The number of hydrogen-bond donors (Lipinski definition) is 1. The maximum absolute atomic E-state index is 12.4. The molecule has 5 rings (SSSR count). The molecule has 0 aromatic heterocycles. The van der Waals surface area contributed by atoms with Gasteiger partial charge in [-0.15, -0.1) is 0 Å². The second-order valence-corrected chi connectivity index (χ2v) is 8.31. The molecule has 2 atom stereocenters. The van der Waals surface area contributed by atoms with Crippen molar-refractivity contribution < 1.29 is 19.2 Å². The van der Waals surface area contributed by atoms with Crippen molar-refractivity contribution in [3.05, 3.63) is 83.9 Å². The van der Waals surface area contributed by atoms with Crippen molar-refractivity contribution >= 4 is 17.2 Å². The lowest BCUT2D eigenvalue weighted by Gasteiger charge is -2.31. The zero-order valence-electron chi connectivity index (χ0n) is 18.8. The Kier molecular flexibility index (Phi) is 5.14. The number of amidine groups is 1. The Labute approximate surface area is 189 Å². The summed E-state index contributed by atoms with van der Waals surface area (Å²) in [5.74, 6) is 2.71. The Hall–Kier alpha value is -3.31. The molecular weight excluding hydrogens is 400 g/mol. The van der Waals surface area contributed by atoms with Crippen LogP contribution in [0, 0.1) is 0 Å². The van der Waals surface area contributed by atoms with Crippen LogP contribution < -0.4 is 14.4 Å². The Balaban J connectivity index is 1.68. The Morgan fingerprint density at radius 2 is 1.66 bits per heavy atom. The van der Waals surface area contributed by atoms with Crippen LogP contribution in [0.3, 0.4) is 0 Å². The standard InChI is InChI=1S/C27H29N2O3/c1-4-32-24-14-10-21(11-15-24)27(30)19(2)28-25-8-6-5-7-20(25)9-18-26(28)29(27)22-12-16-23(31-3)17-13-22/h5-8,10-17,19,30H,4,9,18H2,1-3H3/q+1/t19-,27+/m0/s1. The molecule has 0 saturated carbocycles. The number of para-hydroxylation sites is 1. The molecule has 164 valence electrons. The van der Waals surface area contributed by atoms with Crippen molar-refractivity contribution in [2.75, 3.05) is 18.6 Å². The summed E-state index contributed by atoms with van der Waals surface area (Å²) < 4.78 is 13.3. The number of rotatable bonds is 5. The van der Waals surface area contributed by atoms with E-state index in [0.717, 1.165) is 41.4 Å². The van der Waals surface area contributed by atoms with Crippen LogP contribution in [0.5, 0.6) is 11.5 Å². The Morgan fingerprint density at radius 3 is 2.34 bits per heavy atom. The molecule has 0 saturated heterocycles. The van der Waals surface area contributed by atoms with E-state index >= 15 is 0 Å². The van der Waals surface area contributed by atoms with Gasteiger partial charge < -0.3 is 14.6 Å². The summed E-state index contributed by atoms with van der Waals surface area (Å²) in [4.78, 5) is 2.10. The average Bonchev–Trinajstić information content (AvgIpc) is 3.07. The zero-order chi connectivity index (χ0) is 22.3. The molecule has 1 N–H and O–H groups in total. The molecule has 0 spiro atoms. The first-order valence-corrected chi connectivity index (χ1v) is 11.2. The van der Waals surface area contributed by atoms with Gasteiger partial charge in [0.05, 0.1) is 20.1 Å². The number of aliphatic hydroxyl groups is 1. The molecule has 32 heavy (non-hydrogen) atoms. The van der Waals surface area contributed by atoms with Crippen molar-refractivity contribution in [2.24, 2.45) is 0 Å². The fraction of sp³-hybridized carbons (Fsp3) is 0.296. The molecular formula is C27H29N2O3+. The summed E-state index contributed by atoms with van der Waals surface area (Å²) in [5.41, 5.74) is 3.01. The molecule has 0 unspecified atom stereocenters. The van der Waals surface area contributed by atoms with Gasteiger partial charge in [-0.2, -0.15) is 4.90 Å². The van der Waals surface area contributed by atoms with E-state index in [1.807, 2.05) is 55.5 Å². The van der Waals surface area contributed by atoms with Crippen molar-refractivity contribution in [1.29, 1.82) is 0 Å². The normalized spacial score (nSPS) is 21.9. The van der Waals surface area contributed by atoms with E-state index in [1.54, 1.807) is 7.11 Å². The first-order valence-electron chi connectivity index (χ1n) is 11.2. The van der Waals surface area contributed by atoms with E-state index in [9.17, 15) is 5.11 Å². The predicted octanol–water partition coefficient (Wildman–Crippen LogP) is 4.84. The molecule has 0 bridgehead atoms. The molecule has 0 fully saturated rings. The van der Waals surface area contributed by atoms with Gasteiger partial charge >= 0.3 is 0 Å². The van der Waals surface area contributed by atoms with Gasteiger partial charge in [0, 0.05) is 5.56 Å². The second kappa shape index (κ2) is 7.99. The topological polar surface area (TPSA) is 44.9 Å². The van der Waals surface area contributed by atoms with Gasteiger partial charge in [-0.05, 0) is 80.4 Å². The van der Waals surface area contributed by atoms with Crippen molar-refractivity contribution in [3.63, 3.8) is 0 Å². The third kappa shape index (κ3) is 3.07. The molecule has 2 heterocycles. The molecule has 0 amide bonds. The maximum Gasteiger partial charge on any atom is 0.278 e. The number of anilines is 1. The summed E-state index contributed by atoms with van der Waals surface area (Å²) in [5, 5.41) is 12.4. The number of benzene rings is 3. The summed E-state index contributed by atoms with van der Waals surface area (Å²) in [6, 6.07) is 24.0. The summed E-state index contributed by atoms with van der Waals surface area (Å²) >= 11 is 0. The first-order chi connectivity index (χ1) is 15.6. The largest absolute Gasteiger partial charge is 0.497 e. The summed E-state index contributed by atoms with van der Waals surface area (Å²) in [7, 11) is 1.66. The highest BCUT2D eigenvalue weighted by molar-refractivity contribution is 5.98. The van der Waals surface area contributed by atoms with Crippen LogP contribution in [-0.4, -0.2) is 35.3 Å². The third-order valence-electron chi connectivity index (χ3n) is 6.64. The maximum atomic E-state index is 12.4. The highest BCUT2D eigenvalue weighted by atomic mass is 16.5. The molecule has 2 aliphatic rings. The van der Waals surface area contributed by atoms with Gasteiger partial charge in [-0.1, -0.05) is 18.2 Å². The van der Waals surface area contributed by atoms with E-state index < -0.39 is 5.72 Å². The minimum absolute atomic E-state index is 0.195.